The number of anilines is 1. The second-order valence-electron chi connectivity index (χ2n) is 4.30. The largest absolute Gasteiger partial charge is 0.370 e. The molecule has 1 unspecified atom stereocenters. The molecule has 0 saturated heterocycles. The number of rotatable bonds is 1. The molecular formula is C12H11ClN2O2. The number of carbonyl (C=O) groups is 1. The molecular weight excluding hydrogens is 240 g/mol. The van der Waals surface area contributed by atoms with Crippen molar-refractivity contribution in [3.05, 3.63) is 28.8 Å². The van der Waals surface area contributed by atoms with Crippen LogP contribution < -0.4 is 4.90 Å². The smallest absolute Gasteiger partial charge is 0.234 e. The molecule has 0 N–H and O–H groups in total. The fourth-order valence-electron chi connectivity index (χ4n) is 2.23. The van der Waals surface area contributed by atoms with Gasteiger partial charge in [0.2, 0.25) is 12.1 Å². The van der Waals surface area contributed by atoms with Crippen molar-refractivity contribution in [1.29, 1.82) is 0 Å². The third-order valence-corrected chi connectivity index (χ3v) is 3.24. The lowest BCUT2D eigenvalue weighted by molar-refractivity contribution is -0.119. The van der Waals surface area contributed by atoms with Crippen molar-refractivity contribution in [2.24, 2.45) is 5.16 Å². The highest BCUT2D eigenvalue weighted by molar-refractivity contribution is 6.31. The van der Waals surface area contributed by atoms with Crippen LogP contribution in [0.3, 0.4) is 0 Å². The Balaban J connectivity index is 1.97. The van der Waals surface area contributed by atoms with E-state index in [0.717, 1.165) is 17.0 Å². The Kier molecular flexibility index (Phi) is 2.33. The van der Waals surface area contributed by atoms with Crippen molar-refractivity contribution in [2.75, 3.05) is 4.90 Å². The summed E-state index contributed by atoms with van der Waals surface area (Å²) in [6.07, 6.45) is 0.741. The standard InChI is InChI=1S/C12H11ClN2O2/c1-7-4-12(17-14-7)15-10-6-9(13)3-2-8(10)5-11(15)16/h2-3,6,12H,4-5H2,1H3. The number of carbonyl (C=O) groups excluding carboxylic acids is 1. The van der Waals surface area contributed by atoms with Crippen molar-refractivity contribution >= 4 is 28.9 Å². The molecule has 17 heavy (non-hydrogen) atoms. The van der Waals surface area contributed by atoms with E-state index in [1.165, 1.54) is 0 Å². The minimum atomic E-state index is -0.317. The summed E-state index contributed by atoms with van der Waals surface area (Å²) < 4.78 is 0. The normalized spacial score (nSPS) is 22.5. The predicted octanol–water partition coefficient (Wildman–Crippen LogP) is 2.35. The third kappa shape index (κ3) is 1.69. The first kappa shape index (κ1) is 10.6. The van der Waals surface area contributed by atoms with E-state index in [-0.39, 0.29) is 12.1 Å². The van der Waals surface area contributed by atoms with Gasteiger partial charge in [0.25, 0.3) is 0 Å². The summed E-state index contributed by atoms with van der Waals surface area (Å²) in [5, 5.41) is 4.51. The summed E-state index contributed by atoms with van der Waals surface area (Å²) in [6, 6.07) is 5.49. The summed E-state index contributed by atoms with van der Waals surface area (Å²) >= 11 is 5.96. The minimum Gasteiger partial charge on any atom is -0.370 e. The summed E-state index contributed by atoms with van der Waals surface area (Å²) in [4.78, 5) is 18.9. The molecule has 0 saturated carbocycles. The summed E-state index contributed by atoms with van der Waals surface area (Å²) in [5.74, 6) is 0.0390. The highest BCUT2D eigenvalue weighted by Gasteiger charge is 2.36. The van der Waals surface area contributed by atoms with Gasteiger partial charge in [-0.15, -0.1) is 0 Å². The van der Waals surface area contributed by atoms with Crippen LogP contribution in [0, 0.1) is 0 Å². The van der Waals surface area contributed by atoms with Gasteiger partial charge in [-0.2, -0.15) is 0 Å². The van der Waals surface area contributed by atoms with E-state index >= 15 is 0 Å². The molecule has 0 radical (unpaired) electrons. The van der Waals surface area contributed by atoms with E-state index in [1.807, 2.05) is 13.0 Å². The van der Waals surface area contributed by atoms with Gasteiger partial charge in [0, 0.05) is 11.4 Å². The Bertz CT molecular complexity index is 527. The molecule has 5 heteroatoms. The minimum absolute atomic E-state index is 0.0390. The van der Waals surface area contributed by atoms with Crippen LogP contribution in [0.2, 0.25) is 5.02 Å². The van der Waals surface area contributed by atoms with E-state index in [2.05, 4.69) is 5.16 Å². The van der Waals surface area contributed by atoms with Gasteiger partial charge in [0.15, 0.2) is 0 Å². The van der Waals surface area contributed by atoms with Gasteiger partial charge in [0.1, 0.15) is 0 Å². The number of benzene rings is 1. The number of nitrogens with zero attached hydrogens (tertiary/aromatic N) is 2. The molecule has 0 bridgehead atoms. The van der Waals surface area contributed by atoms with Gasteiger partial charge in [-0.1, -0.05) is 22.8 Å². The maximum atomic E-state index is 12.0. The molecule has 4 nitrogen and oxygen atoms in total. The predicted molar refractivity (Wildman–Crippen MR) is 65.2 cm³/mol. The molecule has 2 aliphatic rings. The molecule has 1 amide bonds. The Morgan fingerprint density at radius 1 is 1.53 bits per heavy atom. The van der Waals surface area contributed by atoms with E-state index < -0.39 is 0 Å². The molecule has 1 aromatic rings. The monoisotopic (exact) mass is 250 g/mol. The summed E-state index contributed by atoms with van der Waals surface area (Å²) in [5.41, 5.74) is 2.74. The fourth-order valence-corrected chi connectivity index (χ4v) is 2.39. The second-order valence-corrected chi connectivity index (χ2v) is 4.74. The third-order valence-electron chi connectivity index (χ3n) is 3.01. The molecule has 88 valence electrons. The van der Waals surface area contributed by atoms with Crippen molar-refractivity contribution in [1.82, 2.24) is 0 Å². The quantitative estimate of drug-likeness (QED) is 0.768. The lowest BCUT2D eigenvalue weighted by Crippen LogP contribution is -2.37. The molecule has 2 heterocycles. The topological polar surface area (TPSA) is 41.9 Å². The molecule has 0 aliphatic carbocycles. The molecule has 0 spiro atoms. The zero-order valence-electron chi connectivity index (χ0n) is 9.31. The number of oxime groups is 1. The van der Waals surface area contributed by atoms with Crippen molar-refractivity contribution < 1.29 is 9.63 Å². The first-order valence-electron chi connectivity index (χ1n) is 5.45. The van der Waals surface area contributed by atoms with Crippen molar-refractivity contribution in [3.8, 4) is 0 Å². The van der Waals surface area contributed by atoms with Gasteiger partial charge in [-0.3, -0.25) is 9.69 Å². The molecule has 1 aromatic carbocycles. The first-order valence-corrected chi connectivity index (χ1v) is 5.83. The maximum Gasteiger partial charge on any atom is 0.234 e. The average Bonchev–Trinajstić information content (AvgIpc) is 2.81. The van der Waals surface area contributed by atoms with Gasteiger partial charge >= 0.3 is 0 Å². The van der Waals surface area contributed by atoms with Gasteiger partial charge in [-0.25, -0.2) is 0 Å². The highest BCUT2D eigenvalue weighted by atomic mass is 35.5. The van der Waals surface area contributed by atoms with Crippen LogP contribution in [0.4, 0.5) is 5.69 Å². The lowest BCUT2D eigenvalue weighted by atomic mass is 10.2. The lowest BCUT2D eigenvalue weighted by Gasteiger charge is -2.22. The van der Waals surface area contributed by atoms with Gasteiger partial charge < -0.3 is 4.84 Å². The fraction of sp³-hybridized carbons (Fsp3) is 0.333. The SMILES string of the molecule is CC1=NOC(N2C(=O)Cc3ccc(Cl)cc32)C1. The Morgan fingerprint density at radius 2 is 2.35 bits per heavy atom. The van der Waals surface area contributed by atoms with Gasteiger partial charge in [0.05, 0.1) is 17.8 Å². The zero-order chi connectivity index (χ0) is 12.0. The van der Waals surface area contributed by atoms with Crippen molar-refractivity contribution in [3.63, 3.8) is 0 Å². The van der Waals surface area contributed by atoms with Crippen LogP contribution in [0.1, 0.15) is 18.9 Å². The number of halogens is 1. The maximum absolute atomic E-state index is 12.0. The van der Waals surface area contributed by atoms with Crippen LogP contribution in [-0.2, 0) is 16.1 Å². The Hall–Kier alpha value is -1.55. The number of amides is 1. The van der Waals surface area contributed by atoms with Crippen LogP contribution >= 0.6 is 11.6 Å². The first-order chi connectivity index (χ1) is 8.15. The van der Waals surface area contributed by atoms with Crippen LogP contribution in [-0.4, -0.2) is 17.8 Å². The second kappa shape index (κ2) is 3.74. The summed E-state index contributed by atoms with van der Waals surface area (Å²) in [7, 11) is 0. The number of hydrogen-bond acceptors (Lipinski definition) is 3. The molecule has 2 aliphatic heterocycles. The average molecular weight is 251 g/mol. The number of fused-ring (bicyclic) bond motifs is 1. The Labute approximate surface area is 104 Å². The zero-order valence-corrected chi connectivity index (χ0v) is 10.1. The van der Waals surface area contributed by atoms with E-state index in [1.54, 1.807) is 17.0 Å². The van der Waals surface area contributed by atoms with Gasteiger partial charge in [-0.05, 0) is 24.6 Å². The van der Waals surface area contributed by atoms with Crippen LogP contribution in [0.15, 0.2) is 23.4 Å². The van der Waals surface area contributed by atoms with E-state index in [4.69, 9.17) is 16.4 Å². The summed E-state index contributed by atoms with van der Waals surface area (Å²) in [6.45, 7) is 1.89. The van der Waals surface area contributed by atoms with E-state index in [9.17, 15) is 4.79 Å². The Morgan fingerprint density at radius 3 is 3.06 bits per heavy atom. The highest BCUT2D eigenvalue weighted by Crippen LogP contribution is 2.35. The van der Waals surface area contributed by atoms with E-state index in [0.29, 0.717) is 17.9 Å². The molecule has 3 rings (SSSR count). The molecule has 0 aromatic heterocycles. The van der Waals surface area contributed by atoms with Crippen LogP contribution in [0.5, 0.6) is 0 Å². The van der Waals surface area contributed by atoms with Crippen molar-refractivity contribution in [2.45, 2.75) is 26.0 Å². The van der Waals surface area contributed by atoms with Crippen LogP contribution in [0.25, 0.3) is 0 Å². The molecule has 0 fully saturated rings. The molecule has 1 atom stereocenters. The number of hydrogen-bond donors (Lipinski definition) is 0.